The molecule has 0 spiro atoms. The molecule has 1 aromatic carbocycles. The second-order valence-corrected chi connectivity index (χ2v) is 4.98. The van der Waals surface area contributed by atoms with Crippen molar-refractivity contribution in [2.24, 2.45) is 5.92 Å². The normalized spacial score (nSPS) is 17.7. The van der Waals surface area contributed by atoms with Crippen molar-refractivity contribution in [3.05, 3.63) is 29.8 Å². The Balaban J connectivity index is 1.73. The lowest BCUT2D eigenvalue weighted by Gasteiger charge is -2.07. The summed E-state index contributed by atoms with van der Waals surface area (Å²) in [7, 11) is 0. The van der Waals surface area contributed by atoms with Crippen LogP contribution in [0.3, 0.4) is 0 Å². The van der Waals surface area contributed by atoms with Crippen molar-refractivity contribution in [3.8, 4) is 5.75 Å². The summed E-state index contributed by atoms with van der Waals surface area (Å²) in [6, 6.07) is 7.49. The highest BCUT2D eigenvalue weighted by Crippen LogP contribution is 2.37. The van der Waals surface area contributed by atoms with Crippen LogP contribution in [-0.2, 0) is 6.42 Å². The molecule has 1 aliphatic rings. The van der Waals surface area contributed by atoms with Crippen LogP contribution in [0.5, 0.6) is 5.75 Å². The standard InChI is InChI=1S/C13H17ClO/c14-13(11-7-8-11)6-2-4-10-3-1-5-12(15)9-10/h1,3,5,9,11,13,15H,2,4,6-8H2. The summed E-state index contributed by atoms with van der Waals surface area (Å²) < 4.78 is 0. The van der Waals surface area contributed by atoms with Gasteiger partial charge in [0.05, 0.1) is 0 Å². The van der Waals surface area contributed by atoms with Crippen LogP contribution in [-0.4, -0.2) is 10.5 Å². The zero-order chi connectivity index (χ0) is 10.7. The monoisotopic (exact) mass is 224 g/mol. The number of benzene rings is 1. The van der Waals surface area contributed by atoms with Gasteiger partial charge in [-0.15, -0.1) is 11.6 Å². The van der Waals surface area contributed by atoms with E-state index in [2.05, 4.69) is 6.07 Å². The maximum Gasteiger partial charge on any atom is 0.115 e. The molecule has 1 saturated carbocycles. The SMILES string of the molecule is Oc1cccc(CCCC(Cl)C2CC2)c1. The van der Waals surface area contributed by atoms with Crippen molar-refractivity contribution in [1.29, 1.82) is 0 Å². The Bertz CT molecular complexity index is 320. The van der Waals surface area contributed by atoms with Gasteiger partial charge in [0.15, 0.2) is 0 Å². The summed E-state index contributed by atoms with van der Waals surface area (Å²) in [4.78, 5) is 0. The fraction of sp³-hybridized carbons (Fsp3) is 0.538. The molecule has 1 N–H and O–H groups in total. The van der Waals surface area contributed by atoms with Gasteiger partial charge in [0.2, 0.25) is 0 Å². The summed E-state index contributed by atoms with van der Waals surface area (Å²) in [6.07, 6.45) is 5.88. The van der Waals surface area contributed by atoms with E-state index in [0.29, 0.717) is 11.1 Å². The lowest BCUT2D eigenvalue weighted by atomic mass is 10.1. The van der Waals surface area contributed by atoms with Gasteiger partial charge in [-0.05, 0) is 55.7 Å². The molecule has 0 amide bonds. The summed E-state index contributed by atoms with van der Waals surface area (Å²) in [5.41, 5.74) is 1.20. The van der Waals surface area contributed by atoms with Crippen LogP contribution < -0.4 is 0 Å². The van der Waals surface area contributed by atoms with Crippen LogP contribution in [0.4, 0.5) is 0 Å². The van der Waals surface area contributed by atoms with Crippen molar-refractivity contribution in [2.45, 2.75) is 37.5 Å². The largest absolute Gasteiger partial charge is 0.508 e. The number of alkyl halides is 1. The summed E-state index contributed by atoms with van der Waals surface area (Å²) in [6.45, 7) is 0. The first kappa shape index (κ1) is 10.8. The smallest absolute Gasteiger partial charge is 0.115 e. The molecule has 1 unspecified atom stereocenters. The lowest BCUT2D eigenvalue weighted by Crippen LogP contribution is -2.01. The Kier molecular flexibility index (Phi) is 3.53. The quantitative estimate of drug-likeness (QED) is 0.756. The summed E-state index contributed by atoms with van der Waals surface area (Å²) in [5, 5.41) is 9.67. The molecule has 2 rings (SSSR count). The number of phenolic OH excluding ortho intramolecular Hbond substituents is 1. The lowest BCUT2D eigenvalue weighted by molar-refractivity contribution is 0.474. The molecule has 1 atom stereocenters. The average molecular weight is 225 g/mol. The second kappa shape index (κ2) is 4.89. The number of halogens is 1. The van der Waals surface area contributed by atoms with Crippen LogP contribution in [0.1, 0.15) is 31.2 Å². The van der Waals surface area contributed by atoms with Crippen molar-refractivity contribution < 1.29 is 5.11 Å². The van der Waals surface area contributed by atoms with E-state index in [0.717, 1.165) is 25.2 Å². The van der Waals surface area contributed by atoms with Gasteiger partial charge in [-0.2, -0.15) is 0 Å². The van der Waals surface area contributed by atoms with E-state index in [1.54, 1.807) is 6.07 Å². The molecule has 0 radical (unpaired) electrons. The molecular formula is C13H17ClO. The van der Waals surface area contributed by atoms with Gasteiger partial charge in [0.1, 0.15) is 5.75 Å². The average Bonchev–Trinajstić information content (AvgIpc) is 3.00. The van der Waals surface area contributed by atoms with Gasteiger partial charge in [0.25, 0.3) is 0 Å². The molecule has 2 heteroatoms. The van der Waals surface area contributed by atoms with Crippen molar-refractivity contribution in [2.75, 3.05) is 0 Å². The highest BCUT2D eigenvalue weighted by molar-refractivity contribution is 6.20. The van der Waals surface area contributed by atoms with E-state index < -0.39 is 0 Å². The molecule has 82 valence electrons. The predicted octanol–water partition coefficient (Wildman–Crippen LogP) is 3.73. The number of aromatic hydroxyl groups is 1. The Morgan fingerprint density at radius 3 is 2.87 bits per heavy atom. The van der Waals surface area contributed by atoms with Crippen LogP contribution in [0.2, 0.25) is 0 Å². The van der Waals surface area contributed by atoms with Gasteiger partial charge in [-0.3, -0.25) is 0 Å². The van der Waals surface area contributed by atoms with E-state index >= 15 is 0 Å². The molecule has 0 aliphatic heterocycles. The zero-order valence-electron chi connectivity index (χ0n) is 8.82. The fourth-order valence-corrected chi connectivity index (χ4v) is 2.31. The van der Waals surface area contributed by atoms with E-state index in [4.69, 9.17) is 11.6 Å². The van der Waals surface area contributed by atoms with E-state index in [1.165, 1.54) is 18.4 Å². The number of rotatable bonds is 5. The molecule has 0 aromatic heterocycles. The van der Waals surface area contributed by atoms with Gasteiger partial charge in [0, 0.05) is 5.38 Å². The third kappa shape index (κ3) is 3.42. The van der Waals surface area contributed by atoms with Gasteiger partial charge >= 0.3 is 0 Å². The second-order valence-electron chi connectivity index (χ2n) is 4.42. The van der Waals surface area contributed by atoms with E-state index in [9.17, 15) is 5.11 Å². The maximum atomic E-state index is 9.29. The minimum atomic E-state index is 0.358. The Labute approximate surface area is 96.1 Å². The van der Waals surface area contributed by atoms with Gasteiger partial charge < -0.3 is 5.11 Å². The van der Waals surface area contributed by atoms with Crippen LogP contribution in [0, 0.1) is 5.92 Å². The Morgan fingerprint density at radius 2 is 2.20 bits per heavy atom. The van der Waals surface area contributed by atoms with Crippen LogP contribution in [0.15, 0.2) is 24.3 Å². The minimum absolute atomic E-state index is 0.358. The molecular weight excluding hydrogens is 208 g/mol. The highest BCUT2D eigenvalue weighted by Gasteiger charge is 2.28. The number of hydrogen-bond acceptors (Lipinski definition) is 1. The molecule has 0 heterocycles. The molecule has 1 nitrogen and oxygen atoms in total. The van der Waals surface area contributed by atoms with Crippen molar-refractivity contribution >= 4 is 11.6 Å². The van der Waals surface area contributed by atoms with Crippen molar-refractivity contribution in [3.63, 3.8) is 0 Å². The van der Waals surface area contributed by atoms with E-state index in [1.807, 2.05) is 12.1 Å². The maximum absolute atomic E-state index is 9.29. The fourth-order valence-electron chi connectivity index (χ4n) is 1.91. The minimum Gasteiger partial charge on any atom is -0.508 e. The summed E-state index contributed by atoms with van der Waals surface area (Å²) >= 11 is 6.23. The molecule has 15 heavy (non-hydrogen) atoms. The van der Waals surface area contributed by atoms with Crippen molar-refractivity contribution in [1.82, 2.24) is 0 Å². The van der Waals surface area contributed by atoms with E-state index in [-0.39, 0.29) is 0 Å². The first-order valence-corrected chi connectivity index (χ1v) is 6.11. The van der Waals surface area contributed by atoms with Crippen LogP contribution >= 0.6 is 11.6 Å². The molecule has 0 bridgehead atoms. The topological polar surface area (TPSA) is 20.2 Å². The summed E-state index contributed by atoms with van der Waals surface area (Å²) in [5.74, 6) is 1.15. The zero-order valence-corrected chi connectivity index (χ0v) is 9.58. The number of hydrogen-bond donors (Lipinski definition) is 1. The third-order valence-corrected chi connectivity index (χ3v) is 3.56. The number of phenols is 1. The Morgan fingerprint density at radius 1 is 1.40 bits per heavy atom. The first-order valence-electron chi connectivity index (χ1n) is 5.67. The molecule has 0 saturated heterocycles. The molecule has 1 aromatic rings. The first-order chi connectivity index (χ1) is 7.25. The molecule has 1 aliphatic carbocycles. The molecule has 1 fully saturated rings. The van der Waals surface area contributed by atoms with Gasteiger partial charge in [-0.1, -0.05) is 12.1 Å². The number of aryl methyl sites for hydroxylation is 1. The van der Waals surface area contributed by atoms with Crippen LogP contribution in [0.25, 0.3) is 0 Å². The Hall–Kier alpha value is -0.690. The predicted molar refractivity (Wildman–Crippen MR) is 63.4 cm³/mol. The van der Waals surface area contributed by atoms with Gasteiger partial charge in [-0.25, -0.2) is 0 Å². The highest BCUT2D eigenvalue weighted by atomic mass is 35.5. The third-order valence-electron chi connectivity index (χ3n) is 2.99.